The van der Waals surface area contributed by atoms with Gasteiger partial charge in [-0.1, -0.05) is 43.3 Å². The summed E-state index contributed by atoms with van der Waals surface area (Å²) in [4.78, 5) is 11.3. The lowest BCUT2D eigenvalue weighted by atomic mass is 9.99. The number of hydrogen-bond donors (Lipinski definition) is 1. The van der Waals surface area contributed by atoms with Gasteiger partial charge in [0.2, 0.25) is 5.89 Å². The first-order valence-corrected chi connectivity index (χ1v) is 9.16. The number of β-amino-alcohol motifs (C(OH)–C–C–N with tert-alkyl or cyclic N) is 1. The minimum Gasteiger partial charge on any atom is -0.391 e. The van der Waals surface area contributed by atoms with Gasteiger partial charge < -0.3 is 9.63 Å². The van der Waals surface area contributed by atoms with Gasteiger partial charge in [-0.25, -0.2) is 0 Å². The lowest BCUT2D eigenvalue weighted by molar-refractivity contribution is 0.139. The second kappa shape index (κ2) is 7.13. The smallest absolute Gasteiger partial charge is 0.240 e. The minimum absolute atomic E-state index is 0.163. The van der Waals surface area contributed by atoms with Crippen LogP contribution in [0.3, 0.4) is 0 Å². The molecule has 1 aromatic carbocycles. The molecular formula is C20H24N4O2. The standard InChI is InChI=1S/C20H24N4O2/c1-13(2)20-22-19(26-23-20)12-24-10-15(18(25)11-24)9-16-8-7-14-5-3-4-6-17(14)21-16/h3-8,13,15,18,25H,9-12H2,1-2H3/t15-,18-/m1/s1. The normalized spacial score (nSPS) is 21.1. The van der Waals surface area contributed by atoms with Gasteiger partial charge in [-0.15, -0.1) is 0 Å². The summed E-state index contributed by atoms with van der Waals surface area (Å²) in [6, 6.07) is 12.3. The van der Waals surface area contributed by atoms with Crippen LogP contribution < -0.4 is 0 Å². The van der Waals surface area contributed by atoms with Crippen molar-refractivity contribution >= 4 is 10.9 Å². The molecule has 2 atom stereocenters. The molecule has 3 aromatic rings. The Morgan fingerprint density at radius 2 is 2.00 bits per heavy atom. The topological polar surface area (TPSA) is 75.3 Å². The molecular weight excluding hydrogens is 328 g/mol. The highest BCUT2D eigenvalue weighted by Crippen LogP contribution is 2.23. The van der Waals surface area contributed by atoms with Crippen LogP contribution in [0, 0.1) is 5.92 Å². The van der Waals surface area contributed by atoms with Crippen molar-refractivity contribution in [3.05, 3.63) is 53.8 Å². The van der Waals surface area contributed by atoms with Crippen LogP contribution in [0.2, 0.25) is 0 Å². The Labute approximate surface area is 152 Å². The highest BCUT2D eigenvalue weighted by molar-refractivity contribution is 5.78. The summed E-state index contributed by atoms with van der Waals surface area (Å²) < 4.78 is 5.33. The van der Waals surface area contributed by atoms with E-state index < -0.39 is 0 Å². The van der Waals surface area contributed by atoms with Gasteiger partial charge in [0.1, 0.15) is 0 Å². The van der Waals surface area contributed by atoms with Crippen molar-refractivity contribution in [2.24, 2.45) is 5.92 Å². The van der Waals surface area contributed by atoms with Crippen molar-refractivity contribution in [3.63, 3.8) is 0 Å². The van der Waals surface area contributed by atoms with E-state index in [4.69, 9.17) is 9.51 Å². The van der Waals surface area contributed by atoms with Crippen molar-refractivity contribution in [2.45, 2.75) is 38.8 Å². The van der Waals surface area contributed by atoms with E-state index in [1.807, 2.05) is 32.0 Å². The number of aliphatic hydroxyl groups is 1. The third-order valence-corrected chi connectivity index (χ3v) is 4.97. The van der Waals surface area contributed by atoms with Crippen LogP contribution in [0.4, 0.5) is 0 Å². The van der Waals surface area contributed by atoms with Crippen molar-refractivity contribution in [3.8, 4) is 0 Å². The molecule has 136 valence electrons. The first kappa shape index (κ1) is 17.1. The van der Waals surface area contributed by atoms with E-state index in [2.05, 4.69) is 33.2 Å². The van der Waals surface area contributed by atoms with Crippen molar-refractivity contribution in [2.75, 3.05) is 13.1 Å². The van der Waals surface area contributed by atoms with Crippen LogP contribution in [-0.4, -0.2) is 44.3 Å². The Hall–Kier alpha value is -2.31. The molecule has 1 aliphatic heterocycles. The highest BCUT2D eigenvalue weighted by atomic mass is 16.5. The van der Waals surface area contributed by atoms with Crippen molar-refractivity contribution in [1.29, 1.82) is 0 Å². The zero-order chi connectivity index (χ0) is 18.1. The van der Waals surface area contributed by atoms with Crippen molar-refractivity contribution < 1.29 is 9.63 Å². The number of aliphatic hydroxyl groups excluding tert-OH is 1. The molecule has 1 saturated heterocycles. The Morgan fingerprint density at radius 3 is 2.81 bits per heavy atom. The number of nitrogens with zero attached hydrogens (tertiary/aromatic N) is 4. The first-order chi connectivity index (χ1) is 12.6. The summed E-state index contributed by atoms with van der Waals surface area (Å²) in [5.41, 5.74) is 2.02. The molecule has 4 rings (SSSR count). The second-order valence-electron chi connectivity index (χ2n) is 7.42. The number of hydrogen-bond acceptors (Lipinski definition) is 6. The number of likely N-dealkylation sites (tertiary alicyclic amines) is 1. The Morgan fingerprint density at radius 1 is 1.15 bits per heavy atom. The van der Waals surface area contributed by atoms with Crippen molar-refractivity contribution in [1.82, 2.24) is 20.0 Å². The zero-order valence-electron chi connectivity index (χ0n) is 15.2. The number of para-hydroxylation sites is 1. The summed E-state index contributed by atoms with van der Waals surface area (Å²) in [6.45, 7) is 6.09. The summed E-state index contributed by atoms with van der Waals surface area (Å²) >= 11 is 0. The Kier molecular flexibility index (Phi) is 4.70. The van der Waals surface area contributed by atoms with Crippen LogP contribution in [0.5, 0.6) is 0 Å². The molecule has 0 radical (unpaired) electrons. The third-order valence-electron chi connectivity index (χ3n) is 4.97. The number of aromatic nitrogens is 3. The number of benzene rings is 1. The van der Waals surface area contributed by atoms with Gasteiger partial charge in [0, 0.05) is 36.0 Å². The van der Waals surface area contributed by atoms with E-state index >= 15 is 0 Å². The monoisotopic (exact) mass is 352 g/mol. The number of pyridine rings is 1. The first-order valence-electron chi connectivity index (χ1n) is 9.16. The molecule has 0 bridgehead atoms. The summed E-state index contributed by atoms with van der Waals surface area (Å²) in [5.74, 6) is 1.77. The summed E-state index contributed by atoms with van der Waals surface area (Å²) in [6.07, 6.45) is 0.402. The van der Waals surface area contributed by atoms with Crippen LogP contribution in [0.1, 0.15) is 37.2 Å². The molecule has 2 aromatic heterocycles. The molecule has 0 aliphatic carbocycles. The van der Waals surface area contributed by atoms with Crippen LogP contribution in [0.25, 0.3) is 10.9 Å². The second-order valence-corrected chi connectivity index (χ2v) is 7.42. The molecule has 0 saturated carbocycles. The van der Waals surface area contributed by atoms with Gasteiger partial charge >= 0.3 is 0 Å². The largest absolute Gasteiger partial charge is 0.391 e. The molecule has 1 aliphatic rings. The highest BCUT2D eigenvalue weighted by Gasteiger charge is 2.32. The maximum absolute atomic E-state index is 10.5. The average molecular weight is 352 g/mol. The van der Waals surface area contributed by atoms with Crippen LogP contribution in [-0.2, 0) is 13.0 Å². The number of fused-ring (bicyclic) bond motifs is 1. The SMILES string of the molecule is CC(C)c1noc(CN2C[C@@H](Cc3ccc4ccccc4n3)[C@H](O)C2)n1. The van der Waals surface area contributed by atoms with E-state index in [-0.39, 0.29) is 17.9 Å². The van der Waals surface area contributed by atoms with Gasteiger partial charge in [0.25, 0.3) is 0 Å². The molecule has 1 fully saturated rings. The maximum Gasteiger partial charge on any atom is 0.240 e. The Bertz CT molecular complexity index is 892. The minimum atomic E-state index is -0.365. The van der Waals surface area contributed by atoms with Gasteiger partial charge in [0.15, 0.2) is 5.82 Å². The lowest BCUT2D eigenvalue weighted by Crippen LogP contribution is -2.21. The molecule has 0 spiro atoms. The van der Waals surface area contributed by atoms with Gasteiger partial charge in [-0.2, -0.15) is 4.98 Å². The molecule has 6 heteroatoms. The zero-order valence-corrected chi connectivity index (χ0v) is 15.2. The van der Waals surface area contributed by atoms with Crippen LogP contribution in [0.15, 0.2) is 40.9 Å². The van der Waals surface area contributed by atoms with E-state index in [0.717, 1.165) is 35.4 Å². The summed E-state index contributed by atoms with van der Waals surface area (Å²) in [7, 11) is 0. The van der Waals surface area contributed by atoms with E-state index in [0.29, 0.717) is 19.0 Å². The molecule has 0 unspecified atom stereocenters. The summed E-state index contributed by atoms with van der Waals surface area (Å²) in [5, 5.41) is 15.6. The molecule has 26 heavy (non-hydrogen) atoms. The molecule has 0 amide bonds. The third kappa shape index (κ3) is 3.61. The maximum atomic E-state index is 10.5. The van der Waals surface area contributed by atoms with E-state index in [9.17, 15) is 5.11 Å². The molecule has 6 nitrogen and oxygen atoms in total. The quantitative estimate of drug-likeness (QED) is 0.761. The van der Waals surface area contributed by atoms with Gasteiger partial charge in [-0.3, -0.25) is 9.88 Å². The predicted molar refractivity (Wildman–Crippen MR) is 98.6 cm³/mol. The molecule has 1 N–H and O–H groups in total. The average Bonchev–Trinajstić information content (AvgIpc) is 3.22. The lowest BCUT2D eigenvalue weighted by Gasteiger charge is -2.13. The number of rotatable bonds is 5. The molecule has 3 heterocycles. The van der Waals surface area contributed by atoms with E-state index in [1.165, 1.54) is 0 Å². The fraction of sp³-hybridized carbons (Fsp3) is 0.450. The fourth-order valence-electron chi connectivity index (χ4n) is 3.52. The van der Waals surface area contributed by atoms with Crippen LogP contribution >= 0.6 is 0 Å². The fourth-order valence-corrected chi connectivity index (χ4v) is 3.52. The van der Waals surface area contributed by atoms with E-state index in [1.54, 1.807) is 0 Å². The van der Waals surface area contributed by atoms with Gasteiger partial charge in [0.05, 0.1) is 18.2 Å². The van der Waals surface area contributed by atoms with Gasteiger partial charge in [-0.05, 0) is 18.6 Å². The Balaban J connectivity index is 1.41. The predicted octanol–water partition coefficient (Wildman–Crippen LogP) is 2.78.